The van der Waals surface area contributed by atoms with Crippen molar-refractivity contribution >= 4 is 33.3 Å². The van der Waals surface area contributed by atoms with Crippen LogP contribution in [0.15, 0.2) is 59.5 Å². The van der Waals surface area contributed by atoms with E-state index in [0.29, 0.717) is 5.56 Å². The fourth-order valence-corrected chi connectivity index (χ4v) is 2.94. The quantitative estimate of drug-likeness (QED) is 0.606. The number of alkyl halides is 2. The van der Waals surface area contributed by atoms with Crippen LogP contribution in [0.3, 0.4) is 0 Å². The van der Waals surface area contributed by atoms with Crippen molar-refractivity contribution in [2.24, 2.45) is 0 Å². The van der Waals surface area contributed by atoms with Crippen LogP contribution in [-0.4, -0.2) is 44.6 Å². The Kier molecular flexibility index (Phi) is 7.59. The highest BCUT2D eigenvalue weighted by molar-refractivity contribution is 7.91. The fourth-order valence-electron chi connectivity index (χ4n) is 2.22. The van der Waals surface area contributed by atoms with Gasteiger partial charge in [-0.2, -0.15) is 8.78 Å². The summed E-state index contributed by atoms with van der Waals surface area (Å²) in [5, 5.41) is 4.76. The number of ether oxygens (including phenoxy) is 1. The molecule has 0 aromatic heterocycles. The summed E-state index contributed by atoms with van der Waals surface area (Å²) in [6.45, 7) is 0.727. The molecule has 0 aliphatic rings. The van der Waals surface area contributed by atoms with Crippen molar-refractivity contribution < 1.29 is 36.3 Å². The number of amides is 2. The Morgan fingerprint density at radius 1 is 1.00 bits per heavy atom. The zero-order valence-electron chi connectivity index (χ0n) is 15.7. The van der Waals surface area contributed by atoms with Crippen LogP contribution in [0, 0.1) is 0 Å². The van der Waals surface area contributed by atoms with Crippen molar-refractivity contribution in [3.05, 3.63) is 60.2 Å². The highest BCUT2D eigenvalue weighted by atomic mass is 32.2. The van der Waals surface area contributed by atoms with Crippen LogP contribution in [0.4, 0.5) is 14.5 Å². The zero-order chi connectivity index (χ0) is 22.3. The van der Waals surface area contributed by atoms with Crippen LogP contribution in [0.1, 0.15) is 17.3 Å². The van der Waals surface area contributed by atoms with Gasteiger partial charge in [0.25, 0.3) is 11.8 Å². The van der Waals surface area contributed by atoms with E-state index in [-0.39, 0.29) is 5.69 Å². The number of hydrogen-bond donors (Lipinski definition) is 2. The molecular formula is C19H18F2N2O6S. The molecule has 1 atom stereocenters. The van der Waals surface area contributed by atoms with Crippen LogP contribution < -0.4 is 10.6 Å². The van der Waals surface area contributed by atoms with Crippen molar-refractivity contribution in [3.63, 3.8) is 0 Å². The summed E-state index contributed by atoms with van der Waals surface area (Å²) in [7, 11) is -4.73. The molecule has 0 spiro atoms. The van der Waals surface area contributed by atoms with Crippen molar-refractivity contribution in [2.75, 3.05) is 11.9 Å². The summed E-state index contributed by atoms with van der Waals surface area (Å²) >= 11 is 0. The molecule has 0 aliphatic carbocycles. The Labute approximate surface area is 171 Å². The number of rotatable bonds is 8. The molecule has 0 saturated carbocycles. The van der Waals surface area contributed by atoms with Gasteiger partial charge in [0.15, 0.2) is 6.61 Å². The molecule has 0 fully saturated rings. The van der Waals surface area contributed by atoms with Crippen molar-refractivity contribution in [1.29, 1.82) is 0 Å². The largest absolute Gasteiger partial charge is 0.454 e. The summed E-state index contributed by atoms with van der Waals surface area (Å²) in [5.74, 6) is -5.62. The molecule has 0 radical (unpaired) electrons. The molecule has 8 nitrogen and oxygen atoms in total. The standard InChI is InChI=1S/C19H18F2N2O6S/c1-12(22-17(25)13-5-3-2-4-6-13)18(26)29-11-16(24)23-14-7-9-15(10-8-14)30(27,28)19(20)21/h2-10,12,19H,11H2,1H3,(H,22,25)(H,23,24)/t12-/m0/s1. The maximum Gasteiger partial charge on any atom is 0.341 e. The summed E-state index contributed by atoms with van der Waals surface area (Å²) in [4.78, 5) is 35.2. The number of sulfone groups is 1. The van der Waals surface area contributed by atoms with E-state index in [9.17, 15) is 31.6 Å². The number of benzene rings is 2. The smallest absolute Gasteiger partial charge is 0.341 e. The van der Waals surface area contributed by atoms with Gasteiger partial charge >= 0.3 is 11.7 Å². The Morgan fingerprint density at radius 3 is 2.17 bits per heavy atom. The highest BCUT2D eigenvalue weighted by Gasteiger charge is 2.26. The Hall–Kier alpha value is -3.34. The minimum Gasteiger partial charge on any atom is -0.454 e. The number of hydrogen-bond acceptors (Lipinski definition) is 6. The summed E-state index contributed by atoms with van der Waals surface area (Å²) in [5.41, 5.74) is 0.474. The molecule has 2 rings (SSSR count). The van der Waals surface area contributed by atoms with Crippen LogP contribution in [0.25, 0.3) is 0 Å². The minimum absolute atomic E-state index is 0.120. The second-order valence-corrected chi connectivity index (χ2v) is 7.96. The second-order valence-electron chi connectivity index (χ2n) is 6.05. The van der Waals surface area contributed by atoms with E-state index < -0.39 is 50.9 Å². The number of esters is 1. The molecule has 2 amide bonds. The van der Waals surface area contributed by atoms with E-state index in [1.807, 2.05) is 0 Å². The first-order chi connectivity index (χ1) is 14.1. The molecule has 0 saturated heterocycles. The molecule has 2 aromatic rings. The predicted molar refractivity (Wildman–Crippen MR) is 103 cm³/mol. The van der Waals surface area contributed by atoms with E-state index in [0.717, 1.165) is 24.3 Å². The molecule has 30 heavy (non-hydrogen) atoms. The number of anilines is 1. The summed E-state index contributed by atoms with van der Waals surface area (Å²) in [6, 6.07) is 11.3. The molecule has 11 heteroatoms. The van der Waals surface area contributed by atoms with Crippen LogP contribution >= 0.6 is 0 Å². The van der Waals surface area contributed by atoms with Gasteiger partial charge in [-0.1, -0.05) is 18.2 Å². The predicted octanol–water partition coefficient (Wildman–Crippen LogP) is 1.98. The molecule has 2 N–H and O–H groups in total. The van der Waals surface area contributed by atoms with Gasteiger partial charge in [0.05, 0.1) is 4.90 Å². The average Bonchev–Trinajstić information content (AvgIpc) is 2.72. The second kappa shape index (κ2) is 9.92. The van der Waals surface area contributed by atoms with E-state index in [4.69, 9.17) is 4.74 Å². The molecule has 2 aromatic carbocycles. The first-order valence-corrected chi connectivity index (χ1v) is 10.1. The monoisotopic (exact) mass is 440 g/mol. The van der Waals surface area contributed by atoms with Gasteiger partial charge < -0.3 is 15.4 Å². The van der Waals surface area contributed by atoms with E-state index >= 15 is 0 Å². The number of carbonyl (C=O) groups is 3. The van der Waals surface area contributed by atoms with E-state index in [2.05, 4.69) is 10.6 Å². The molecule has 0 aliphatic heterocycles. The molecule has 0 unspecified atom stereocenters. The molecule has 0 heterocycles. The van der Waals surface area contributed by atoms with Gasteiger partial charge in [-0.05, 0) is 43.3 Å². The third-order valence-electron chi connectivity index (χ3n) is 3.78. The van der Waals surface area contributed by atoms with Gasteiger partial charge in [-0.25, -0.2) is 13.2 Å². The molecule has 160 valence electrons. The lowest BCUT2D eigenvalue weighted by atomic mass is 10.2. The third kappa shape index (κ3) is 6.08. The average molecular weight is 440 g/mol. The Morgan fingerprint density at radius 2 is 1.60 bits per heavy atom. The normalized spacial score (nSPS) is 12.1. The molecule has 0 bridgehead atoms. The van der Waals surface area contributed by atoms with Gasteiger partial charge in [0.2, 0.25) is 9.84 Å². The first kappa shape index (κ1) is 22.9. The fraction of sp³-hybridized carbons (Fsp3) is 0.211. The lowest BCUT2D eigenvalue weighted by Crippen LogP contribution is -2.40. The van der Waals surface area contributed by atoms with Gasteiger partial charge in [-0.3, -0.25) is 9.59 Å². The lowest BCUT2D eigenvalue weighted by molar-refractivity contribution is -0.148. The van der Waals surface area contributed by atoms with Crippen LogP contribution in [0.2, 0.25) is 0 Å². The van der Waals surface area contributed by atoms with Gasteiger partial charge in [0, 0.05) is 11.3 Å². The minimum atomic E-state index is -4.73. The maximum absolute atomic E-state index is 12.5. The zero-order valence-corrected chi connectivity index (χ0v) is 16.5. The number of carbonyl (C=O) groups excluding carboxylic acids is 3. The summed E-state index contributed by atoms with van der Waals surface area (Å²) < 4.78 is 52.5. The topological polar surface area (TPSA) is 119 Å². The SMILES string of the molecule is C[C@H](NC(=O)c1ccccc1)C(=O)OCC(=O)Nc1ccc(S(=O)(=O)C(F)F)cc1. The third-order valence-corrected chi connectivity index (χ3v) is 5.18. The van der Waals surface area contributed by atoms with Crippen molar-refractivity contribution in [3.8, 4) is 0 Å². The van der Waals surface area contributed by atoms with Crippen molar-refractivity contribution in [1.82, 2.24) is 5.32 Å². The van der Waals surface area contributed by atoms with E-state index in [1.165, 1.54) is 6.92 Å². The summed E-state index contributed by atoms with van der Waals surface area (Å²) in [6.07, 6.45) is 0. The first-order valence-electron chi connectivity index (χ1n) is 8.56. The molecular weight excluding hydrogens is 422 g/mol. The van der Waals surface area contributed by atoms with E-state index in [1.54, 1.807) is 30.3 Å². The van der Waals surface area contributed by atoms with Crippen LogP contribution in [-0.2, 0) is 24.2 Å². The highest BCUT2D eigenvalue weighted by Crippen LogP contribution is 2.20. The van der Waals surface area contributed by atoms with Crippen LogP contribution in [0.5, 0.6) is 0 Å². The number of halogens is 2. The number of nitrogens with one attached hydrogen (secondary N) is 2. The van der Waals surface area contributed by atoms with Gasteiger partial charge in [0.1, 0.15) is 6.04 Å². The Balaban J connectivity index is 1.84. The maximum atomic E-state index is 12.5. The van der Waals surface area contributed by atoms with Crippen molar-refractivity contribution in [2.45, 2.75) is 23.6 Å². The lowest BCUT2D eigenvalue weighted by Gasteiger charge is -2.13. The Bertz CT molecular complexity index is 1010. The van der Waals surface area contributed by atoms with Gasteiger partial charge in [-0.15, -0.1) is 0 Å².